The van der Waals surface area contributed by atoms with Crippen molar-refractivity contribution in [2.45, 2.75) is 51.0 Å². The molecule has 0 bridgehead atoms. The highest BCUT2D eigenvalue weighted by molar-refractivity contribution is 7.89. The molecule has 0 unspecified atom stereocenters. The summed E-state index contributed by atoms with van der Waals surface area (Å²) in [4.78, 5) is 24.2. The van der Waals surface area contributed by atoms with E-state index >= 15 is 0 Å². The molecule has 0 saturated carbocycles. The molecule has 1 fully saturated rings. The summed E-state index contributed by atoms with van der Waals surface area (Å²) >= 11 is 0. The molecule has 1 amide bonds. The Balaban J connectivity index is 2.05. The summed E-state index contributed by atoms with van der Waals surface area (Å²) in [6, 6.07) is 3.73. The van der Waals surface area contributed by atoms with Crippen LogP contribution in [0.5, 0.6) is 0 Å². The molecular weight excluding hydrogens is 358 g/mol. The second-order valence-corrected chi connectivity index (χ2v) is 8.71. The fourth-order valence-corrected chi connectivity index (χ4v) is 4.67. The molecule has 1 aromatic carbocycles. The Morgan fingerprint density at radius 2 is 1.96 bits per heavy atom. The first-order valence-electron chi connectivity index (χ1n) is 8.66. The van der Waals surface area contributed by atoms with Gasteiger partial charge < -0.3 is 4.90 Å². The number of carbonyl (C=O) groups is 1. The molecule has 1 aliphatic rings. The Bertz CT molecular complexity index is 784. The van der Waals surface area contributed by atoms with Crippen molar-refractivity contribution in [1.29, 1.82) is 0 Å². The van der Waals surface area contributed by atoms with Gasteiger partial charge in [0, 0.05) is 37.2 Å². The summed E-state index contributed by atoms with van der Waals surface area (Å²) in [5, 5.41) is 11.0. The van der Waals surface area contributed by atoms with E-state index in [0.29, 0.717) is 32.4 Å². The van der Waals surface area contributed by atoms with Crippen molar-refractivity contribution < 1.29 is 18.1 Å². The van der Waals surface area contributed by atoms with Crippen LogP contribution in [0.1, 0.15) is 38.7 Å². The molecule has 2 rings (SSSR count). The molecule has 144 valence electrons. The fourth-order valence-electron chi connectivity index (χ4n) is 3.10. The van der Waals surface area contributed by atoms with Gasteiger partial charge in [0.15, 0.2) is 0 Å². The first kappa shape index (κ1) is 20.3. The number of nitro groups is 1. The van der Waals surface area contributed by atoms with Gasteiger partial charge in [-0.05, 0) is 31.7 Å². The van der Waals surface area contributed by atoms with Crippen molar-refractivity contribution in [3.05, 3.63) is 33.9 Å². The highest BCUT2D eigenvalue weighted by atomic mass is 32.2. The van der Waals surface area contributed by atoms with Gasteiger partial charge >= 0.3 is 0 Å². The third-order valence-corrected chi connectivity index (χ3v) is 6.16. The van der Waals surface area contributed by atoms with Crippen LogP contribution in [0.3, 0.4) is 0 Å². The summed E-state index contributed by atoms with van der Waals surface area (Å²) in [5.74, 6) is 0.381. The molecule has 0 atom stereocenters. The smallest absolute Gasteiger partial charge is 0.273 e. The molecule has 0 radical (unpaired) electrons. The van der Waals surface area contributed by atoms with Crippen molar-refractivity contribution in [1.82, 2.24) is 9.62 Å². The molecule has 8 nitrogen and oxygen atoms in total. The average molecular weight is 383 g/mol. The minimum atomic E-state index is -3.86. The number of nitrogens with zero attached hydrogens (tertiary/aromatic N) is 2. The molecule has 26 heavy (non-hydrogen) atoms. The standard InChI is InChI=1S/C17H25N3O5S/c1-12(2)11-17(21)19-9-7-14(8-10-19)18-26(24,25)16-6-4-5-15(13(16)3)20(22)23/h4-6,12,14,18H,7-11H2,1-3H3. The molecule has 1 heterocycles. The molecule has 0 aliphatic carbocycles. The van der Waals surface area contributed by atoms with Crippen LogP contribution >= 0.6 is 0 Å². The van der Waals surface area contributed by atoms with Gasteiger partial charge in [-0.1, -0.05) is 19.9 Å². The molecular formula is C17H25N3O5S. The van der Waals surface area contributed by atoms with Crippen LogP contribution < -0.4 is 4.72 Å². The van der Waals surface area contributed by atoms with Crippen LogP contribution in [0.15, 0.2) is 23.1 Å². The Hall–Kier alpha value is -2.00. The Morgan fingerprint density at radius 1 is 1.35 bits per heavy atom. The zero-order valence-electron chi connectivity index (χ0n) is 15.3. The van der Waals surface area contributed by atoms with Gasteiger partial charge in [-0.15, -0.1) is 0 Å². The quantitative estimate of drug-likeness (QED) is 0.598. The lowest BCUT2D eigenvalue weighted by molar-refractivity contribution is -0.385. The summed E-state index contributed by atoms with van der Waals surface area (Å²) in [6.45, 7) is 6.42. The van der Waals surface area contributed by atoms with Crippen molar-refractivity contribution in [2.75, 3.05) is 13.1 Å². The summed E-state index contributed by atoms with van der Waals surface area (Å²) in [7, 11) is -3.86. The SMILES string of the molecule is Cc1c([N+](=O)[O-])cccc1S(=O)(=O)NC1CCN(C(=O)CC(C)C)CC1. The number of hydrogen-bond donors (Lipinski definition) is 1. The fraction of sp³-hybridized carbons (Fsp3) is 0.588. The third-order valence-electron chi connectivity index (χ3n) is 4.49. The van der Waals surface area contributed by atoms with E-state index in [1.165, 1.54) is 25.1 Å². The van der Waals surface area contributed by atoms with Crippen LogP contribution in [-0.4, -0.2) is 43.3 Å². The van der Waals surface area contributed by atoms with Gasteiger partial charge in [-0.2, -0.15) is 0 Å². The van der Waals surface area contributed by atoms with Crippen LogP contribution in [0, 0.1) is 23.0 Å². The highest BCUT2D eigenvalue weighted by Crippen LogP contribution is 2.25. The zero-order valence-corrected chi connectivity index (χ0v) is 16.1. The zero-order chi connectivity index (χ0) is 19.5. The third kappa shape index (κ3) is 4.79. The number of hydrogen-bond acceptors (Lipinski definition) is 5. The summed E-state index contributed by atoms with van der Waals surface area (Å²) in [5.41, 5.74) is -0.100. The highest BCUT2D eigenvalue weighted by Gasteiger charge is 2.29. The maximum atomic E-state index is 12.6. The maximum absolute atomic E-state index is 12.6. The average Bonchev–Trinajstić information content (AvgIpc) is 2.54. The van der Waals surface area contributed by atoms with E-state index in [2.05, 4.69) is 4.72 Å². The van der Waals surface area contributed by atoms with E-state index in [1.54, 1.807) is 4.90 Å². The number of sulfonamides is 1. The Kier molecular flexibility index (Phi) is 6.35. The van der Waals surface area contributed by atoms with Crippen LogP contribution in [0.4, 0.5) is 5.69 Å². The molecule has 9 heteroatoms. The summed E-state index contributed by atoms with van der Waals surface area (Å²) < 4.78 is 27.9. The van der Waals surface area contributed by atoms with Crippen molar-refractivity contribution in [3.8, 4) is 0 Å². The van der Waals surface area contributed by atoms with Crippen LogP contribution in [0.25, 0.3) is 0 Å². The van der Waals surface area contributed by atoms with E-state index in [1.807, 2.05) is 13.8 Å². The monoisotopic (exact) mass is 383 g/mol. The number of nitrogens with one attached hydrogen (secondary N) is 1. The molecule has 1 N–H and O–H groups in total. The maximum Gasteiger partial charge on any atom is 0.273 e. The number of amides is 1. The molecule has 0 aromatic heterocycles. The first-order valence-corrected chi connectivity index (χ1v) is 10.1. The van der Waals surface area contributed by atoms with E-state index < -0.39 is 14.9 Å². The van der Waals surface area contributed by atoms with E-state index in [0.717, 1.165) is 0 Å². The number of likely N-dealkylation sites (tertiary alicyclic amines) is 1. The van der Waals surface area contributed by atoms with Crippen molar-refractivity contribution in [3.63, 3.8) is 0 Å². The van der Waals surface area contributed by atoms with E-state index in [4.69, 9.17) is 0 Å². The van der Waals surface area contributed by atoms with Crippen molar-refractivity contribution >= 4 is 21.6 Å². The minimum absolute atomic E-state index is 0.0787. The van der Waals surface area contributed by atoms with Gasteiger partial charge in [-0.3, -0.25) is 14.9 Å². The van der Waals surface area contributed by atoms with Gasteiger partial charge in [-0.25, -0.2) is 13.1 Å². The normalized spacial score (nSPS) is 16.1. The van der Waals surface area contributed by atoms with Crippen LogP contribution in [-0.2, 0) is 14.8 Å². The second-order valence-electron chi connectivity index (χ2n) is 7.03. The molecule has 0 spiro atoms. The second kappa shape index (κ2) is 8.13. The molecule has 1 saturated heterocycles. The lowest BCUT2D eigenvalue weighted by Gasteiger charge is -2.32. The van der Waals surface area contributed by atoms with Crippen LogP contribution in [0.2, 0.25) is 0 Å². The van der Waals surface area contributed by atoms with Gasteiger partial charge in [0.05, 0.1) is 9.82 Å². The largest absolute Gasteiger partial charge is 0.343 e. The number of rotatable bonds is 6. The molecule has 1 aromatic rings. The lowest BCUT2D eigenvalue weighted by atomic mass is 10.0. The van der Waals surface area contributed by atoms with E-state index in [-0.39, 0.29) is 34.0 Å². The van der Waals surface area contributed by atoms with Gasteiger partial charge in [0.1, 0.15) is 0 Å². The van der Waals surface area contributed by atoms with Gasteiger partial charge in [0.2, 0.25) is 15.9 Å². The number of benzene rings is 1. The molecule has 1 aliphatic heterocycles. The minimum Gasteiger partial charge on any atom is -0.343 e. The predicted octanol–water partition coefficient (Wildman–Crippen LogP) is 2.22. The first-order chi connectivity index (χ1) is 12.1. The number of nitro benzene ring substituents is 1. The lowest BCUT2D eigenvalue weighted by Crippen LogP contribution is -2.46. The number of piperidine rings is 1. The van der Waals surface area contributed by atoms with Crippen molar-refractivity contribution in [2.24, 2.45) is 5.92 Å². The Morgan fingerprint density at radius 3 is 2.50 bits per heavy atom. The summed E-state index contributed by atoms with van der Waals surface area (Å²) in [6.07, 6.45) is 1.54. The Labute approximate surface area is 153 Å². The topological polar surface area (TPSA) is 110 Å². The predicted molar refractivity (Wildman–Crippen MR) is 97.2 cm³/mol. The van der Waals surface area contributed by atoms with E-state index in [9.17, 15) is 23.3 Å². The van der Waals surface area contributed by atoms with Gasteiger partial charge in [0.25, 0.3) is 5.69 Å². The number of carbonyl (C=O) groups excluding carboxylic acids is 1.